The molecule has 0 saturated heterocycles. The largest absolute Gasteiger partial charge is 0.494 e. The van der Waals surface area contributed by atoms with Crippen molar-refractivity contribution >= 4 is 5.69 Å². The molecule has 0 unspecified atom stereocenters. The van der Waals surface area contributed by atoms with Crippen LogP contribution in [0.15, 0.2) is 121 Å². The Morgan fingerprint density at radius 2 is 1.32 bits per heavy atom. The number of para-hydroxylation sites is 2. The predicted molar refractivity (Wildman–Crippen MR) is 132 cm³/mol. The minimum Gasteiger partial charge on any atom is -0.494 e. The van der Waals surface area contributed by atoms with Gasteiger partial charge in [0, 0.05) is 12.1 Å². The van der Waals surface area contributed by atoms with Gasteiger partial charge in [-0.05, 0) is 66.9 Å². The van der Waals surface area contributed by atoms with Gasteiger partial charge < -0.3 is 14.2 Å². The van der Waals surface area contributed by atoms with Gasteiger partial charge in [0.2, 0.25) is 0 Å². The maximum atomic E-state index is 10.9. The maximum absolute atomic E-state index is 10.9. The van der Waals surface area contributed by atoms with Crippen LogP contribution in [0.1, 0.15) is 6.92 Å². The van der Waals surface area contributed by atoms with Gasteiger partial charge >= 0.3 is 5.69 Å². The van der Waals surface area contributed by atoms with Crippen molar-refractivity contribution in [2.24, 2.45) is 0 Å². The second kappa shape index (κ2) is 19.9. The number of ether oxygens (including phenoxy) is 3. The SMILES string of the molecule is C=C=C.C=C=C=C=C=C=C=C=C.CCOc1cccc(OCCOc2ccccc2[N+](=O)[O-])c1. The van der Waals surface area contributed by atoms with Crippen LogP contribution in [-0.2, 0) is 0 Å². The minimum atomic E-state index is -0.470. The number of nitrogens with zero attached hydrogens (tertiary/aromatic N) is 1. The molecule has 0 aliphatic heterocycles. The Hall–Kier alpha value is -5.04. The summed E-state index contributed by atoms with van der Waals surface area (Å²) in [6.07, 6.45) is 0. The molecule has 6 heteroatoms. The van der Waals surface area contributed by atoms with Crippen LogP contribution in [0.4, 0.5) is 5.69 Å². The zero-order valence-electron chi connectivity index (χ0n) is 19.1. The van der Waals surface area contributed by atoms with Gasteiger partial charge in [0.25, 0.3) is 0 Å². The number of nitro groups is 1. The smallest absolute Gasteiger partial charge is 0.310 e. The van der Waals surface area contributed by atoms with Gasteiger partial charge in [-0.1, -0.05) is 42.8 Å². The maximum Gasteiger partial charge on any atom is 0.310 e. The van der Waals surface area contributed by atoms with Gasteiger partial charge in [-0.2, -0.15) is 0 Å². The lowest BCUT2D eigenvalue weighted by molar-refractivity contribution is -0.385. The number of hydrogen-bond acceptors (Lipinski definition) is 5. The highest BCUT2D eigenvalue weighted by Gasteiger charge is 2.13. The molecule has 0 heterocycles. The highest BCUT2D eigenvalue weighted by molar-refractivity contribution is 5.45. The molecule has 2 aromatic carbocycles. The van der Waals surface area contributed by atoms with Gasteiger partial charge in [-0.3, -0.25) is 10.1 Å². The first-order chi connectivity index (χ1) is 16.5. The molecule has 0 bridgehead atoms. The van der Waals surface area contributed by atoms with E-state index < -0.39 is 4.92 Å². The van der Waals surface area contributed by atoms with Gasteiger partial charge in [-0.15, -0.1) is 5.73 Å². The van der Waals surface area contributed by atoms with Crippen molar-refractivity contribution in [3.05, 3.63) is 131 Å². The minimum absolute atomic E-state index is 0.0548. The Bertz CT molecular complexity index is 1180. The third-order valence-electron chi connectivity index (χ3n) is 3.21. The quantitative estimate of drug-likeness (QED) is 0.202. The molecule has 0 fully saturated rings. The fourth-order valence-electron chi connectivity index (χ4n) is 2.04. The summed E-state index contributed by atoms with van der Waals surface area (Å²) in [5.74, 6) is 1.64. The van der Waals surface area contributed by atoms with Crippen LogP contribution >= 0.6 is 0 Å². The van der Waals surface area contributed by atoms with Crippen LogP contribution in [0.3, 0.4) is 0 Å². The molecule has 34 heavy (non-hydrogen) atoms. The molecule has 0 aliphatic carbocycles. The Morgan fingerprint density at radius 1 is 0.794 bits per heavy atom. The zero-order chi connectivity index (χ0) is 25.4. The average molecular weight is 456 g/mol. The van der Waals surface area contributed by atoms with Gasteiger partial charge in [0.1, 0.15) is 24.7 Å². The second-order valence-corrected chi connectivity index (χ2v) is 5.56. The molecule has 0 aliphatic rings. The van der Waals surface area contributed by atoms with Gasteiger partial charge in [-0.25, -0.2) is 0 Å². The van der Waals surface area contributed by atoms with E-state index in [2.05, 4.69) is 72.2 Å². The van der Waals surface area contributed by atoms with Crippen molar-refractivity contribution in [1.82, 2.24) is 0 Å². The lowest BCUT2D eigenvalue weighted by atomic mass is 10.3. The lowest BCUT2D eigenvalue weighted by Crippen LogP contribution is -2.10. The molecule has 0 radical (unpaired) electrons. The summed E-state index contributed by atoms with van der Waals surface area (Å²) in [5.41, 5.74) is 19.2. The van der Waals surface area contributed by atoms with Crippen molar-refractivity contribution in [3.8, 4) is 17.2 Å². The van der Waals surface area contributed by atoms with E-state index in [0.717, 1.165) is 5.75 Å². The van der Waals surface area contributed by atoms with Crippen molar-refractivity contribution < 1.29 is 19.1 Å². The molecule has 0 N–H and O–H groups in total. The van der Waals surface area contributed by atoms with Crippen LogP contribution < -0.4 is 14.2 Å². The molecule has 172 valence electrons. The number of benzene rings is 2. The molecule has 0 atom stereocenters. The zero-order valence-corrected chi connectivity index (χ0v) is 19.1. The van der Waals surface area contributed by atoms with E-state index in [4.69, 9.17) is 14.2 Å². The summed E-state index contributed by atoms with van der Waals surface area (Å²) in [6.45, 7) is 15.8. The topological polar surface area (TPSA) is 70.8 Å². The third kappa shape index (κ3) is 14.1. The first kappa shape index (κ1) is 29.0. The van der Waals surface area contributed by atoms with Crippen LogP contribution in [-0.4, -0.2) is 24.7 Å². The van der Waals surface area contributed by atoms with E-state index in [1.807, 2.05) is 25.1 Å². The Morgan fingerprint density at radius 3 is 1.88 bits per heavy atom. The van der Waals surface area contributed by atoms with Gasteiger partial charge in [0.15, 0.2) is 5.75 Å². The van der Waals surface area contributed by atoms with E-state index in [1.54, 1.807) is 24.3 Å². The van der Waals surface area contributed by atoms with Crippen LogP contribution in [0.25, 0.3) is 0 Å². The normalized spacial score (nSPS) is 7.68. The van der Waals surface area contributed by atoms with E-state index in [0.29, 0.717) is 12.4 Å². The molecule has 2 rings (SSSR count). The Labute approximate surface area is 199 Å². The number of rotatable bonds is 8. The van der Waals surface area contributed by atoms with E-state index in [-0.39, 0.29) is 24.7 Å². The first-order valence-corrected chi connectivity index (χ1v) is 9.84. The highest BCUT2D eigenvalue weighted by Crippen LogP contribution is 2.25. The Kier molecular flexibility index (Phi) is 16.9. The second-order valence-electron chi connectivity index (χ2n) is 5.56. The summed E-state index contributed by atoms with van der Waals surface area (Å²) in [7, 11) is 0. The van der Waals surface area contributed by atoms with Crippen molar-refractivity contribution in [3.63, 3.8) is 0 Å². The molecular formula is C28H25NO5. The number of nitro benzene ring substituents is 1. The molecule has 0 saturated carbocycles. The fraction of sp³-hybridized carbons (Fsp3) is 0.143. The molecular weight excluding hydrogens is 430 g/mol. The summed E-state index contributed by atoms with van der Waals surface area (Å²) in [6, 6.07) is 13.5. The van der Waals surface area contributed by atoms with Crippen LogP contribution in [0.2, 0.25) is 0 Å². The summed E-state index contributed by atoms with van der Waals surface area (Å²) < 4.78 is 16.3. The monoisotopic (exact) mass is 455 g/mol. The standard InChI is InChI=1S/C16H17NO5.C9H4.C3H4/c1-2-20-13-6-5-7-14(12-13)21-10-11-22-16-9-4-3-8-15(16)17(18)19;1-3-5-7-9-8-6-4-2;1-3-2/h3-9,12H,2,10-11H2,1H3;1-2H2;1-2H2. The molecule has 0 amide bonds. The summed E-state index contributed by atoms with van der Waals surface area (Å²) in [5, 5.41) is 10.9. The van der Waals surface area contributed by atoms with Crippen LogP contribution in [0, 0.1) is 10.1 Å². The van der Waals surface area contributed by atoms with Crippen molar-refractivity contribution in [2.75, 3.05) is 19.8 Å². The fourth-order valence-corrected chi connectivity index (χ4v) is 2.04. The Balaban J connectivity index is 0.000000759. The number of hydrogen-bond donors (Lipinski definition) is 0. The third-order valence-corrected chi connectivity index (χ3v) is 3.21. The molecule has 0 aromatic heterocycles. The molecule has 6 nitrogen and oxygen atoms in total. The van der Waals surface area contributed by atoms with E-state index >= 15 is 0 Å². The van der Waals surface area contributed by atoms with E-state index in [1.165, 1.54) is 6.07 Å². The first-order valence-electron chi connectivity index (χ1n) is 9.84. The van der Waals surface area contributed by atoms with E-state index in [9.17, 15) is 10.1 Å². The highest BCUT2D eigenvalue weighted by atomic mass is 16.6. The molecule has 0 spiro atoms. The predicted octanol–water partition coefficient (Wildman–Crippen LogP) is 6.30. The summed E-state index contributed by atoms with van der Waals surface area (Å²) in [4.78, 5) is 10.4. The summed E-state index contributed by atoms with van der Waals surface area (Å²) >= 11 is 0. The van der Waals surface area contributed by atoms with Crippen molar-refractivity contribution in [1.29, 1.82) is 0 Å². The average Bonchev–Trinajstić information content (AvgIpc) is 2.83. The lowest BCUT2D eigenvalue weighted by Gasteiger charge is -2.10. The van der Waals surface area contributed by atoms with Gasteiger partial charge in [0.05, 0.1) is 11.5 Å². The van der Waals surface area contributed by atoms with Crippen LogP contribution in [0.5, 0.6) is 17.2 Å². The van der Waals surface area contributed by atoms with Crippen molar-refractivity contribution in [2.45, 2.75) is 6.92 Å². The molecule has 2 aromatic rings.